The third-order valence-corrected chi connectivity index (χ3v) is 11.3. The molecule has 14 heavy (non-hydrogen) atoms. The van der Waals surface area contributed by atoms with E-state index in [-0.39, 0.29) is 0 Å². The second kappa shape index (κ2) is 4.61. The molecule has 0 radical (unpaired) electrons. The van der Waals surface area contributed by atoms with Crippen molar-refractivity contribution in [1.82, 2.24) is 0 Å². The number of hydrogen-bond donors (Lipinski definition) is 0. The van der Waals surface area contributed by atoms with Gasteiger partial charge in [-0.2, -0.15) is 0 Å². The first-order chi connectivity index (χ1) is 5.97. The second-order valence-corrected chi connectivity index (χ2v) is 19.0. The summed E-state index contributed by atoms with van der Waals surface area (Å²) in [5, 5.41) is 0. The lowest BCUT2D eigenvalue weighted by molar-refractivity contribution is 0.386. The van der Waals surface area contributed by atoms with Crippen molar-refractivity contribution in [2.75, 3.05) is 0 Å². The molecule has 0 fully saturated rings. The van der Waals surface area contributed by atoms with E-state index in [9.17, 15) is 0 Å². The highest BCUT2D eigenvalue weighted by Crippen LogP contribution is 2.23. The summed E-state index contributed by atoms with van der Waals surface area (Å²) >= 11 is 0. The van der Waals surface area contributed by atoms with E-state index < -0.39 is 25.2 Å². The van der Waals surface area contributed by atoms with Crippen LogP contribution in [0.3, 0.4) is 0 Å². The first-order valence-electron chi connectivity index (χ1n) is 5.38. The SMILES string of the molecule is CC[Si](C)(O[Si](C)(C)C)O[Si](C)(C)C. The quantitative estimate of drug-likeness (QED) is 0.691. The highest BCUT2D eigenvalue weighted by Gasteiger charge is 2.38. The molecule has 0 bridgehead atoms. The molecule has 0 aromatic rings. The van der Waals surface area contributed by atoms with E-state index in [1.807, 2.05) is 0 Å². The van der Waals surface area contributed by atoms with Crippen LogP contribution >= 0.6 is 0 Å². The van der Waals surface area contributed by atoms with E-state index in [4.69, 9.17) is 8.23 Å². The molecule has 5 heteroatoms. The van der Waals surface area contributed by atoms with Crippen LogP contribution in [0.4, 0.5) is 0 Å². The lowest BCUT2D eigenvalue weighted by Gasteiger charge is -2.37. The first-order valence-corrected chi connectivity index (χ1v) is 14.7. The van der Waals surface area contributed by atoms with Crippen LogP contribution in [0.5, 0.6) is 0 Å². The Hall–Kier alpha value is 0.571. The molecular formula is C9H26O2Si3. The molecule has 0 saturated carbocycles. The molecule has 0 heterocycles. The maximum Gasteiger partial charge on any atom is 0.314 e. The molecule has 86 valence electrons. The largest absolute Gasteiger partial charge is 0.437 e. The van der Waals surface area contributed by atoms with Crippen LogP contribution in [0.1, 0.15) is 6.92 Å². The summed E-state index contributed by atoms with van der Waals surface area (Å²) in [6.45, 7) is 17.8. The lowest BCUT2D eigenvalue weighted by Crippen LogP contribution is -2.52. The van der Waals surface area contributed by atoms with E-state index >= 15 is 0 Å². The summed E-state index contributed by atoms with van der Waals surface area (Å²) in [6, 6.07) is 1.06. The smallest absolute Gasteiger partial charge is 0.314 e. The Kier molecular flexibility index (Phi) is 4.80. The van der Waals surface area contributed by atoms with Gasteiger partial charge in [0.05, 0.1) is 0 Å². The van der Waals surface area contributed by atoms with Crippen molar-refractivity contribution in [2.24, 2.45) is 0 Å². The molecule has 0 N–H and O–H groups in total. The predicted molar refractivity (Wildman–Crippen MR) is 71.0 cm³/mol. The summed E-state index contributed by atoms with van der Waals surface area (Å²) in [5.74, 6) is 0. The molecule has 0 aromatic carbocycles. The van der Waals surface area contributed by atoms with Crippen LogP contribution in [-0.2, 0) is 8.23 Å². The van der Waals surface area contributed by atoms with Gasteiger partial charge in [-0.1, -0.05) is 6.92 Å². The second-order valence-electron chi connectivity index (χ2n) is 5.92. The normalized spacial score (nSPS) is 14.6. The van der Waals surface area contributed by atoms with Crippen LogP contribution < -0.4 is 0 Å². The van der Waals surface area contributed by atoms with Crippen LogP contribution in [0.25, 0.3) is 0 Å². The van der Waals surface area contributed by atoms with Gasteiger partial charge in [0.2, 0.25) is 0 Å². The Morgan fingerprint density at radius 2 is 1.00 bits per heavy atom. The van der Waals surface area contributed by atoms with Gasteiger partial charge < -0.3 is 8.23 Å². The zero-order valence-corrected chi connectivity index (χ0v) is 14.0. The van der Waals surface area contributed by atoms with Crippen molar-refractivity contribution in [3.63, 3.8) is 0 Å². The van der Waals surface area contributed by atoms with Crippen molar-refractivity contribution in [3.8, 4) is 0 Å². The van der Waals surface area contributed by atoms with Crippen molar-refractivity contribution in [1.29, 1.82) is 0 Å². The minimum atomic E-state index is -1.87. The summed E-state index contributed by atoms with van der Waals surface area (Å²) < 4.78 is 12.5. The molecule has 0 spiro atoms. The molecule has 0 rings (SSSR count). The maximum atomic E-state index is 6.24. The molecular weight excluding hydrogens is 224 g/mol. The van der Waals surface area contributed by atoms with Crippen LogP contribution in [0.15, 0.2) is 0 Å². The van der Waals surface area contributed by atoms with E-state index in [1.165, 1.54) is 0 Å². The van der Waals surface area contributed by atoms with Crippen molar-refractivity contribution in [3.05, 3.63) is 0 Å². The fraction of sp³-hybridized carbons (Fsp3) is 1.00. The Labute approximate surface area is 92.5 Å². The molecule has 0 aromatic heterocycles. The van der Waals surface area contributed by atoms with Crippen molar-refractivity contribution < 1.29 is 8.23 Å². The lowest BCUT2D eigenvalue weighted by atomic mass is 11.0. The monoisotopic (exact) mass is 250 g/mol. The van der Waals surface area contributed by atoms with Gasteiger partial charge in [-0.25, -0.2) is 0 Å². The Balaban J connectivity index is 4.49. The highest BCUT2D eigenvalue weighted by molar-refractivity contribution is 6.87. The van der Waals surface area contributed by atoms with Gasteiger partial charge in [-0.05, 0) is 51.9 Å². The molecule has 0 aliphatic carbocycles. The fourth-order valence-electron chi connectivity index (χ4n) is 1.46. The molecule has 0 atom stereocenters. The van der Waals surface area contributed by atoms with Gasteiger partial charge in [-0.3, -0.25) is 0 Å². The van der Waals surface area contributed by atoms with Gasteiger partial charge in [0.25, 0.3) is 0 Å². The average Bonchev–Trinajstić information content (AvgIpc) is 1.78. The third kappa shape index (κ3) is 6.94. The number of rotatable bonds is 5. The van der Waals surface area contributed by atoms with Gasteiger partial charge in [0, 0.05) is 0 Å². The summed E-state index contributed by atoms with van der Waals surface area (Å²) in [7, 11) is -4.78. The molecule has 0 amide bonds. The Morgan fingerprint density at radius 1 is 0.714 bits per heavy atom. The van der Waals surface area contributed by atoms with E-state index in [0.717, 1.165) is 6.04 Å². The molecule has 0 aliphatic rings. The average molecular weight is 251 g/mol. The summed E-state index contributed by atoms with van der Waals surface area (Å²) in [4.78, 5) is 0. The van der Waals surface area contributed by atoms with Crippen LogP contribution in [0.2, 0.25) is 51.9 Å². The predicted octanol–water partition coefficient (Wildman–Crippen LogP) is 3.78. The first kappa shape index (κ1) is 14.6. The van der Waals surface area contributed by atoms with Gasteiger partial charge in [-0.15, -0.1) is 0 Å². The minimum absolute atomic E-state index is 1.06. The molecule has 2 nitrogen and oxygen atoms in total. The van der Waals surface area contributed by atoms with Crippen molar-refractivity contribution in [2.45, 2.75) is 58.8 Å². The Morgan fingerprint density at radius 3 is 1.14 bits per heavy atom. The van der Waals surface area contributed by atoms with E-state index in [1.54, 1.807) is 0 Å². The Bertz CT molecular complexity index is 165. The van der Waals surface area contributed by atoms with Crippen LogP contribution in [-0.4, -0.2) is 25.2 Å². The summed E-state index contributed by atoms with van der Waals surface area (Å²) in [6.07, 6.45) is 0. The molecule has 0 aliphatic heterocycles. The van der Waals surface area contributed by atoms with Gasteiger partial charge in [0.1, 0.15) is 0 Å². The zero-order valence-electron chi connectivity index (χ0n) is 11.0. The van der Waals surface area contributed by atoms with Crippen LogP contribution in [0, 0.1) is 0 Å². The third-order valence-electron chi connectivity index (χ3n) is 1.69. The molecule has 0 saturated heterocycles. The fourth-order valence-corrected chi connectivity index (χ4v) is 13.5. The maximum absolute atomic E-state index is 6.24. The standard InChI is InChI=1S/C9H26O2Si3/c1-9-14(8,10-12(2,3)4)11-13(5,6)7/h9H2,1-8H3. The van der Waals surface area contributed by atoms with Gasteiger partial charge in [0.15, 0.2) is 16.6 Å². The minimum Gasteiger partial charge on any atom is -0.437 e. The molecule has 0 unspecified atom stereocenters. The van der Waals surface area contributed by atoms with E-state index in [2.05, 4.69) is 52.8 Å². The summed E-state index contributed by atoms with van der Waals surface area (Å²) in [5.41, 5.74) is 0. The van der Waals surface area contributed by atoms with Crippen molar-refractivity contribution >= 4 is 25.2 Å². The van der Waals surface area contributed by atoms with E-state index in [0.29, 0.717) is 0 Å². The number of hydrogen-bond acceptors (Lipinski definition) is 2. The zero-order chi connectivity index (χ0) is 11.6. The van der Waals surface area contributed by atoms with Gasteiger partial charge >= 0.3 is 8.56 Å². The topological polar surface area (TPSA) is 18.5 Å². The highest BCUT2D eigenvalue weighted by atomic mass is 28.5.